The first-order chi connectivity index (χ1) is 7.94. The van der Waals surface area contributed by atoms with E-state index in [1.807, 2.05) is 0 Å². The van der Waals surface area contributed by atoms with Gasteiger partial charge in [-0.25, -0.2) is 0 Å². The zero-order valence-electron chi connectivity index (χ0n) is 10.2. The molecule has 6 heteroatoms. The fraction of sp³-hybridized carbons (Fsp3) is 0.545. The van der Waals surface area contributed by atoms with Gasteiger partial charge in [-0.2, -0.15) is 5.10 Å². The van der Waals surface area contributed by atoms with Crippen molar-refractivity contribution in [1.29, 1.82) is 0 Å². The summed E-state index contributed by atoms with van der Waals surface area (Å²) in [6, 6.07) is 0. The highest BCUT2D eigenvalue weighted by Gasteiger charge is 2.43. The van der Waals surface area contributed by atoms with Gasteiger partial charge in [0.05, 0.1) is 11.8 Å². The Morgan fingerprint density at radius 1 is 1.47 bits per heavy atom. The van der Waals surface area contributed by atoms with E-state index in [9.17, 15) is 9.59 Å². The number of nitrogens with zero attached hydrogens (tertiary/aromatic N) is 3. The molecule has 1 aliphatic heterocycles. The third-order valence-electron chi connectivity index (χ3n) is 3.19. The van der Waals surface area contributed by atoms with E-state index in [0.717, 1.165) is 0 Å². The summed E-state index contributed by atoms with van der Waals surface area (Å²) in [4.78, 5) is 27.5. The molecule has 0 atom stereocenters. The lowest BCUT2D eigenvalue weighted by Gasteiger charge is -2.44. The van der Waals surface area contributed by atoms with Gasteiger partial charge >= 0.3 is 0 Å². The van der Waals surface area contributed by atoms with Gasteiger partial charge in [-0.1, -0.05) is 0 Å². The van der Waals surface area contributed by atoms with E-state index in [4.69, 9.17) is 0 Å². The van der Waals surface area contributed by atoms with Crippen molar-refractivity contribution >= 4 is 11.8 Å². The Labute approximate surface area is 99.6 Å². The fourth-order valence-corrected chi connectivity index (χ4v) is 2.09. The van der Waals surface area contributed by atoms with E-state index in [-0.39, 0.29) is 11.8 Å². The molecule has 0 saturated carbocycles. The second-order valence-corrected chi connectivity index (χ2v) is 4.73. The minimum absolute atomic E-state index is 0.0411. The monoisotopic (exact) mass is 236 g/mol. The number of amides is 2. The molecule has 2 rings (SSSR count). The van der Waals surface area contributed by atoms with Crippen molar-refractivity contribution in [2.45, 2.75) is 19.4 Å². The van der Waals surface area contributed by atoms with Crippen LogP contribution in [0.4, 0.5) is 0 Å². The van der Waals surface area contributed by atoms with Crippen LogP contribution in [-0.2, 0) is 4.79 Å². The van der Waals surface area contributed by atoms with Gasteiger partial charge in [-0.3, -0.25) is 14.7 Å². The maximum absolute atomic E-state index is 12.2. The first-order valence-electron chi connectivity index (χ1n) is 5.51. The van der Waals surface area contributed by atoms with E-state index < -0.39 is 5.54 Å². The minimum Gasteiger partial charge on any atom is -0.342 e. The Kier molecular flexibility index (Phi) is 2.65. The maximum Gasteiger partial charge on any atom is 0.257 e. The summed E-state index contributed by atoms with van der Waals surface area (Å²) in [5.41, 5.74) is -0.322. The lowest BCUT2D eigenvalue weighted by Crippen LogP contribution is -2.63. The number of hydrogen-bond donors (Lipinski definition) is 1. The molecule has 0 unspecified atom stereocenters. The van der Waals surface area contributed by atoms with Gasteiger partial charge in [0.15, 0.2) is 0 Å². The number of H-pyrrole nitrogens is 1. The molecular formula is C11H16N4O2. The number of piperazine rings is 1. The molecular weight excluding hydrogens is 220 g/mol. The van der Waals surface area contributed by atoms with Gasteiger partial charge < -0.3 is 9.80 Å². The molecule has 1 aromatic rings. The van der Waals surface area contributed by atoms with Crippen molar-refractivity contribution in [2.75, 3.05) is 20.1 Å². The third-order valence-corrected chi connectivity index (χ3v) is 3.19. The van der Waals surface area contributed by atoms with Crippen molar-refractivity contribution in [3.63, 3.8) is 0 Å². The second-order valence-electron chi connectivity index (χ2n) is 4.73. The molecule has 1 saturated heterocycles. The van der Waals surface area contributed by atoms with Crippen molar-refractivity contribution < 1.29 is 9.59 Å². The molecule has 6 nitrogen and oxygen atoms in total. The van der Waals surface area contributed by atoms with Crippen LogP contribution in [0.25, 0.3) is 0 Å². The highest BCUT2D eigenvalue weighted by atomic mass is 16.2. The van der Waals surface area contributed by atoms with Crippen LogP contribution >= 0.6 is 0 Å². The summed E-state index contributed by atoms with van der Waals surface area (Å²) < 4.78 is 0. The lowest BCUT2D eigenvalue weighted by atomic mass is 9.97. The minimum atomic E-state index is -0.804. The number of hydrogen-bond acceptors (Lipinski definition) is 3. The van der Waals surface area contributed by atoms with Crippen molar-refractivity contribution in [3.8, 4) is 0 Å². The molecule has 1 fully saturated rings. The molecule has 0 radical (unpaired) electrons. The normalized spacial score (nSPS) is 19.6. The Morgan fingerprint density at radius 2 is 2.18 bits per heavy atom. The first-order valence-corrected chi connectivity index (χ1v) is 5.51. The van der Waals surface area contributed by atoms with E-state index in [1.165, 1.54) is 6.20 Å². The summed E-state index contributed by atoms with van der Waals surface area (Å²) in [5.74, 6) is -0.203. The number of aromatic amines is 1. The van der Waals surface area contributed by atoms with Crippen LogP contribution in [-0.4, -0.2) is 57.5 Å². The first kappa shape index (κ1) is 11.6. The predicted molar refractivity (Wildman–Crippen MR) is 61.3 cm³/mol. The quantitative estimate of drug-likeness (QED) is 0.752. The molecule has 17 heavy (non-hydrogen) atoms. The van der Waals surface area contributed by atoms with E-state index in [2.05, 4.69) is 10.2 Å². The molecule has 0 bridgehead atoms. The van der Waals surface area contributed by atoms with E-state index in [1.54, 1.807) is 36.9 Å². The zero-order chi connectivity index (χ0) is 12.6. The van der Waals surface area contributed by atoms with E-state index in [0.29, 0.717) is 18.7 Å². The fourth-order valence-electron chi connectivity index (χ4n) is 2.09. The summed E-state index contributed by atoms with van der Waals surface area (Å²) in [7, 11) is 1.75. The van der Waals surface area contributed by atoms with Crippen LogP contribution in [0.3, 0.4) is 0 Å². The molecule has 0 aliphatic carbocycles. The summed E-state index contributed by atoms with van der Waals surface area (Å²) >= 11 is 0. The van der Waals surface area contributed by atoms with Crippen LogP contribution in [0.1, 0.15) is 24.2 Å². The van der Waals surface area contributed by atoms with Gasteiger partial charge in [-0.15, -0.1) is 0 Å². The maximum atomic E-state index is 12.2. The Hall–Kier alpha value is -1.85. The van der Waals surface area contributed by atoms with Gasteiger partial charge in [0.2, 0.25) is 5.91 Å². The van der Waals surface area contributed by atoms with Crippen LogP contribution in [0, 0.1) is 0 Å². The van der Waals surface area contributed by atoms with Gasteiger partial charge in [0.25, 0.3) is 5.91 Å². The second kappa shape index (κ2) is 3.87. The molecule has 92 valence electrons. The molecule has 1 aromatic heterocycles. The van der Waals surface area contributed by atoms with Crippen LogP contribution in [0.15, 0.2) is 12.4 Å². The number of rotatable bonds is 1. The van der Waals surface area contributed by atoms with Gasteiger partial charge in [-0.05, 0) is 13.8 Å². The number of carbonyl (C=O) groups excluding carboxylic acids is 2. The molecule has 2 heterocycles. The van der Waals surface area contributed by atoms with Crippen LogP contribution in [0.2, 0.25) is 0 Å². The van der Waals surface area contributed by atoms with E-state index >= 15 is 0 Å². The summed E-state index contributed by atoms with van der Waals surface area (Å²) in [5, 5.41) is 6.36. The molecule has 0 spiro atoms. The smallest absolute Gasteiger partial charge is 0.257 e. The average Bonchev–Trinajstić information content (AvgIpc) is 2.79. The predicted octanol–water partition coefficient (Wildman–Crippen LogP) is 0.102. The zero-order valence-corrected chi connectivity index (χ0v) is 10.2. The van der Waals surface area contributed by atoms with Gasteiger partial charge in [0.1, 0.15) is 5.54 Å². The molecule has 1 aliphatic rings. The number of likely N-dealkylation sites (N-methyl/N-ethyl adjacent to an activating group) is 1. The third kappa shape index (κ3) is 1.79. The van der Waals surface area contributed by atoms with Crippen LogP contribution < -0.4 is 0 Å². The lowest BCUT2D eigenvalue weighted by molar-refractivity contribution is -0.144. The summed E-state index contributed by atoms with van der Waals surface area (Å²) in [6.07, 6.45) is 3.02. The number of aromatic nitrogens is 2. The van der Waals surface area contributed by atoms with Crippen molar-refractivity contribution in [3.05, 3.63) is 18.0 Å². The molecule has 1 N–H and O–H groups in total. The standard InChI is InChI=1S/C11H16N4O2/c1-11(2)10(17)14(3)4-5-15(11)9(16)8-6-12-13-7-8/h6-7H,4-5H2,1-3H3,(H,12,13). The highest BCUT2D eigenvalue weighted by Crippen LogP contribution is 2.23. The summed E-state index contributed by atoms with van der Waals surface area (Å²) in [6.45, 7) is 4.64. The molecule has 2 amide bonds. The van der Waals surface area contributed by atoms with Crippen molar-refractivity contribution in [2.24, 2.45) is 0 Å². The Bertz CT molecular complexity index is 438. The highest BCUT2D eigenvalue weighted by molar-refractivity contribution is 5.99. The number of carbonyl (C=O) groups is 2. The van der Waals surface area contributed by atoms with Gasteiger partial charge in [0, 0.05) is 26.3 Å². The largest absolute Gasteiger partial charge is 0.342 e. The van der Waals surface area contributed by atoms with Crippen molar-refractivity contribution in [1.82, 2.24) is 20.0 Å². The Morgan fingerprint density at radius 3 is 2.76 bits per heavy atom. The SMILES string of the molecule is CN1CCN(C(=O)c2cn[nH]c2)C(C)(C)C1=O. The number of nitrogens with one attached hydrogen (secondary N) is 1. The average molecular weight is 236 g/mol. The van der Waals surface area contributed by atoms with Crippen LogP contribution in [0.5, 0.6) is 0 Å². The Balaban J connectivity index is 2.27. The topological polar surface area (TPSA) is 69.3 Å². The molecule has 0 aromatic carbocycles.